The first-order valence-electron chi connectivity index (χ1n) is 9.13. The van der Waals surface area contributed by atoms with Crippen LogP contribution in [0.1, 0.15) is 29.4 Å². The minimum atomic E-state index is -0.229. The highest BCUT2D eigenvalue weighted by Crippen LogP contribution is 2.31. The quantitative estimate of drug-likeness (QED) is 0.739. The van der Waals surface area contributed by atoms with Crippen molar-refractivity contribution in [1.29, 1.82) is 0 Å². The molecule has 1 fully saturated rings. The second kappa shape index (κ2) is 7.64. The van der Waals surface area contributed by atoms with E-state index < -0.39 is 0 Å². The number of amides is 2. The Morgan fingerprint density at radius 2 is 1.89 bits per heavy atom. The Hall–Kier alpha value is -3.48. The summed E-state index contributed by atoms with van der Waals surface area (Å²) in [5.41, 5.74) is 2.89. The van der Waals surface area contributed by atoms with Crippen LogP contribution in [0.2, 0.25) is 0 Å². The number of aromatic nitrogens is 2. The van der Waals surface area contributed by atoms with E-state index in [1.807, 2.05) is 61.5 Å². The fourth-order valence-corrected chi connectivity index (χ4v) is 3.24. The molecule has 7 heteroatoms. The molecule has 1 aliphatic rings. The van der Waals surface area contributed by atoms with Crippen molar-refractivity contribution in [3.63, 3.8) is 0 Å². The van der Waals surface area contributed by atoms with E-state index in [0.29, 0.717) is 18.9 Å². The van der Waals surface area contributed by atoms with Crippen LogP contribution in [-0.4, -0.2) is 28.6 Å². The zero-order valence-corrected chi connectivity index (χ0v) is 15.5. The molecule has 1 aromatic heterocycles. The van der Waals surface area contributed by atoms with Crippen molar-refractivity contribution in [1.82, 2.24) is 10.2 Å². The van der Waals surface area contributed by atoms with E-state index in [1.165, 1.54) is 0 Å². The summed E-state index contributed by atoms with van der Waals surface area (Å²) in [6.45, 7) is 2.47. The fraction of sp³-hybridized carbons (Fsp3) is 0.238. The SMILES string of the molecule is Cc1ccc(CC(=O)Nc2nnc([C@H]3CC(=O)N(c4ccccc4)C3)o2)cc1. The largest absolute Gasteiger partial charge is 0.407 e. The lowest BCUT2D eigenvalue weighted by atomic mass is 10.1. The molecule has 4 rings (SSSR count). The lowest BCUT2D eigenvalue weighted by molar-refractivity contribution is -0.117. The molecule has 28 heavy (non-hydrogen) atoms. The van der Waals surface area contributed by atoms with E-state index in [2.05, 4.69) is 15.5 Å². The van der Waals surface area contributed by atoms with Crippen LogP contribution in [0.3, 0.4) is 0 Å². The molecular weight excluding hydrogens is 356 g/mol. The molecule has 1 N–H and O–H groups in total. The highest BCUT2D eigenvalue weighted by Gasteiger charge is 2.35. The molecule has 0 aliphatic carbocycles. The first kappa shape index (κ1) is 17.9. The Labute approximate surface area is 162 Å². The van der Waals surface area contributed by atoms with Gasteiger partial charge in [0, 0.05) is 18.7 Å². The Morgan fingerprint density at radius 1 is 1.14 bits per heavy atom. The number of anilines is 2. The van der Waals surface area contributed by atoms with Crippen molar-refractivity contribution in [3.8, 4) is 0 Å². The molecule has 0 bridgehead atoms. The van der Waals surface area contributed by atoms with Gasteiger partial charge in [-0.3, -0.25) is 14.9 Å². The maximum absolute atomic E-state index is 12.3. The van der Waals surface area contributed by atoms with Crippen molar-refractivity contribution in [2.75, 3.05) is 16.8 Å². The molecule has 1 aliphatic heterocycles. The number of carbonyl (C=O) groups is 2. The lowest BCUT2D eigenvalue weighted by Crippen LogP contribution is -2.24. The van der Waals surface area contributed by atoms with Crippen LogP contribution in [0, 0.1) is 6.92 Å². The summed E-state index contributed by atoms with van der Waals surface area (Å²) in [6, 6.07) is 17.3. The number of rotatable bonds is 5. The van der Waals surface area contributed by atoms with Crippen molar-refractivity contribution in [3.05, 3.63) is 71.6 Å². The van der Waals surface area contributed by atoms with Crippen molar-refractivity contribution in [2.45, 2.75) is 25.7 Å². The predicted octanol–water partition coefficient (Wildman–Crippen LogP) is 3.08. The second-order valence-corrected chi connectivity index (χ2v) is 6.90. The van der Waals surface area contributed by atoms with Crippen molar-refractivity contribution < 1.29 is 14.0 Å². The maximum atomic E-state index is 12.3. The number of nitrogens with one attached hydrogen (secondary N) is 1. The highest BCUT2D eigenvalue weighted by atomic mass is 16.4. The van der Waals surface area contributed by atoms with Crippen molar-refractivity contribution in [2.24, 2.45) is 0 Å². The Kier molecular flexibility index (Phi) is 4.89. The fourth-order valence-electron chi connectivity index (χ4n) is 3.24. The number of hydrogen-bond donors (Lipinski definition) is 1. The first-order chi connectivity index (χ1) is 13.6. The van der Waals surface area contributed by atoms with Crippen molar-refractivity contribution >= 4 is 23.5 Å². The zero-order chi connectivity index (χ0) is 19.5. The van der Waals surface area contributed by atoms with Crippen LogP contribution in [0.4, 0.5) is 11.7 Å². The average molecular weight is 376 g/mol. The van der Waals surface area contributed by atoms with Gasteiger partial charge in [-0.1, -0.05) is 53.1 Å². The summed E-state index contributed by atoms with van der Waals surface area (Å²) in [4.78, 5) is 26.2. The molecule has 2 aromatic carbocycles. The number of nitrogens with zero attached hydrogens (tertiary/aromatic N) is 3. The minimum Gasteiger partial charge on any atom is -0.407 e. The topological polar surface area (TPSA) is 88.3 Å². The van der Waals surface area contributed by atoms with E-state index in [4.69, 9.17) is 4.42 Å². The highest BCUT2D eigenvalue weighted by molar-refractivity contribution is 5.96. The third-order valence-electron chi connectivity index (χ3n) is 4.71. The van der Waals surface area contributed by atoms with Gasteiger partial charge in [0.2, 0.25) is 17.7 Å². The summed E-state index contributed by atoms with van der Waals surface area (Å²) in [5, 5.41) is 10.5. The second-order valence-electron chi connectivity index (χ2n) is 6.90. The third kappa shape index (κ3) is 3.93. The predicted molar refractivity (Wildman–Crippen MR) is 104 cm³/mol. The molecule has 142 valence electrons. The number of hydrogen-bond acceptors (Lipinski definition) is 5. The van der Waals surface area contributed by atoms with Gasteiger partial charge in [-0.05, 0) is 24.6 Å². The number of para-hydroxylation sites is 1. The molecule has 2 amide bonds. The molecule has 0 unspecified atom stereocenters. The van der Waals surface area contributed by atoms with Crippen LogP contribution >= 0.6 is 0 Å². The molecule has 0 saturated carbocycles. The van der Waals surface area contributed by atoms with E-state index in [1.54, 1.807) is 4.90 Å². The number of carbonyl (C=O) groups excluding carboxylic acids is 2. The average Bonchev–Trinajstić information content (AvgIpc) is 3.31. The van der Waals surface area contributed by atoms with Crippen LogP contribution in [0.15, 0.2) is 59.0 Å². The normalized spacial score (nSPS) is 16.4. The smallest absolute Gasteiger partial charge is 0.322 e. The molecule has 0 spiro atoms. The lowest BCUT2D eigenvalue weighted by Gasteiger charge is -2.15. The summed E-state index contributed by atoms with van der Waals surface area (Å²) >= 11 is 0. The molecule has 0 radical (unpaired) electrons. The van der Waals surface area contributed by atoms with Gasteiger partial charge in [0.1, 0.15) is 0 Å². The Morgan fingerprint density at radius 3 is 2.64 bits per heavy atom. The first-order valence-corrected chi connectivity index (χ1v) is 9.13. The van der Waals surface area contributed by atoms with E-state index >= 15 is 0 Å². The van der Waals surface area contributed by atoms with Gasteiger partial charge in [-0.25, -0.2) is 0 Å². The van der Waals surface area contributed by atoms with Gasteiger partial charge in [0.15, 0.2) is 0 Å². The van der Waals surface area contributed by atoms with Gasteiger partial charge >= 0.3 is 6.01 Å². The van der Waals surface area contributed by atoms with E-state index in [0.717, 1.165) is 16.8 Å². The van der Waals surface area contributed by atoms with Gasteiger partial charge in [-0.15, -0.1) is 5.10 Å². The zero-order valence-electron chi connectivity index (χ0n) is 15.5. The summed E-state index contributed by atoms with van der Waals surface area (Å²) in [5.74, 6) is -0.0489. The molecule has 2 heterocycles. The number of benzene rings is 2. The monoisotopic (exact) mass is 376 g/mol. The van der Waals surface area contributed by atoms with Crippen LogP contribution < -0.4 is 10.2 Å². The summed E-state index contributed by atoms with van der Waals surface area (Å²) in [6.07, 6.45) is 0.523. The molecule has 7 nitrogen and oxygen atoms in total. The standard InChI is InChI=1S/C21H20N4O3/c1-14-7-9-15(10-8-14)11-18(26)22-21-24-23-20(28-21)16-12-19(27)25(13-16)17-5-3-2-4-6-17/h2-10,16H,11-13H2,1H3,(H,22,24,26)/t16-/m0/s1. The minimum absolute atomic E-state index is 0.0133. The number of aryl methyl sites for hydroxylation is 1. The summed E-state index contributed by atoms with van der Waals surface area (Å²) in [7, 11) is 0. The molecule has 3 aromatic rings. The van der Waals surface area contributed by atoms with Crippen LogP contribution in [0.25, 0.3) is 0 Å². The molecule has 1 saturated heterocycles. The third-order valence-corrected chi connectivity index (χ3v) is 4.71. The van der Waals surface area contributed by atoms with Gasteiger partial charge in [-0.2, -0.15) is 0 Å². The van der Waals surface area contributed by atoms with E-state index in [9.17, 15) is 9.59 Å². The van der Waals surface area contributed by atoms with Crippen LogP contribution in [0.5, 0.6) is 0 Å². The van der Waals surface area contributed by atoms with E-state index in [-0.39, 0.29) is 30.2 Å². The summed E-state index contributed by atoms with van der Waals surface area (Å²) < 4.78 is 5.59. The van der Waals surface area contributed by atoms with Gasteiger partial charge < -0.3 is 9.32 Å². The maximum Gasteiger partial charge on any atom is 0.322 e. The molecule has 1 atom stereocenters. The van der Waals surface area contributed by atoms with Gasteiger partial charge in [0.25, 0.3) is 0 Å². The molecular formula is C21H20N4O3. The van der Waals surface area contributed by atoms with Gasteiger partial charge in [0.05, 0.1) is 12.3 Å². The Balaban J connectivity index is 1.38. The Bertz CT molecular complexity index is 982. The van der Waals surface area contributed by atoms with Crippen LogP contribution in [-0.2, 0) is 16.0 Å².